The second-order valence-corrected chi connectivity index (χ2v) is 11.5. The van der Waals surface area contributed by atoms with Gasteiger partial charge in [-0.1, -0.05) is 0 Å². The first-order valence-electron chi connectivity index (χ1n) is 7.57. The van der Waals surface area contributed by atoms with Gasteiger partial charge in [0, 0.05) is 0 Å². The summed E-state index contributed by atoms with van der Waals surface area (Å²) in [5.41, 5.74) is 6.29. The van der Waals surface area contributed by atoms with E-state index in [1.807, 2.05) is 6.20 Å². The monoisotopic (exact) mass is 408 g/mol. The zero-order chi connectivity index (χ0) is 17.6. The molecule has 0 amide bonds. The van der Waals surface area contributed by atoms with Crippen LogP contribution in [0.4, 0.5) is 0 Å². The maximum atomic E-state index is 13.0. The van der Waals surface area contributed by atoms with Crippen molar-refractivity contribution >= 4 is 50.8 Å². The Kier molecular flexibility index (Phi) is 3.91. The maximum absolute atomic E-state index is 13.0. The van der Waals surface area contributed by atoms with E-state index in [0.29, 0.717) is 16.0 Å². The molecule has 0 spiro atoms. The minimum absolute atomic E-state index is 0.125. The molecule has 1 aromatic carbocycles. The standard InChI is InChI=1S/C18H13AsN4OS/c1-19(2)13-6-7-21-17-14(13)15-16(25-17)18(24)23(10-22-15)12-5-3-4-11(8-12)9-20/h3-8,10H,1-2H3. The molecule has 4 rings (SSSR count). The summed E-state index contributed by atoms with van der Waals surface area (Å²) in [5, 5.41) is 10.1. The molecule has 0 unspecified atom stereocenters. The second-order valence-electron chi connectivity index (χ2n) is 5.77. The Labute approximate surface area is 152 Å². The van der Waals surface area contributed by atoms with Gasteiger partial charge in [-0.05, 0) is 0 Å². The molecule has 0 aliphatic carbocycles. The molecule has 0 saturated carbocycles. The van der Waals surface area contributed by atoms with Crippen molar-refractivity contribution in [3.8, 4) is 11.8 Å². The van der Waals surface area contributed by atoms with Crippen molar-refractivity contribution in [1.29, 1.82) is 5.26 Å². The molecule has 25 heavy (non-hydrogen) atoms. The fourth-order valence-electron chi connectivity index (χ4n) is 2.82. The van der Waals surface area contributed by atoms with Gasteiger partial charge in [0.05, 0.1) is 0 Å². The van der Waals surface area contributed by atoms with Gasteiger partial charge in [-0.15, -0.1) is 0 Å². The average Bonchev–Trinajstić information content (AvgIpc) is 3.01. The molecule has 0 atom stereocenters. The Morgan fingerprint density at radius 2 is 2.08 bits per heavy atom. The Hall–Kier alpha value is -2.48. The first-order valence-corrected chi connectivity index (χ1v) is 13.1. The molecule has 5 nitrogen and oxygen atoms in total. The Morgan fingerprint density at radius 1 is 1.24 bits per heavy atom. The van der Waals surface area contributed by atoms with Gasteiger partial charge in [0.15, 0.2) is 0 Å². The second kappa shape index (κ2) is 6.11. The molecule has 0 bridgehead atoms. The zero-order valence-corrected chi connectivity index (χ0v) is 16.3. The number of thiophene rings is 1. The molecule has 3 aromatic heterocycles. The van der Waals surface area contributed by atoms with Crippen LogP contribution < -0.4 is 9.91 Å². The van der Waals surface area contributed by atoms with E-state index in [0.717, 1.165) is 15.7 Å². The Morgan fingerprint density at radius 3 is 2.84 bits per heavy atom. The number of hydrogen-bond acceptors (Lipinski definition) is 5. The molecule has 0 radical (unpaired) electrons. The zero-order valence-electron chi connectivity index (χ0n) is 13.6. The molecule has 0 fully saturated rings. The van der Waals surface area contributed by atoms with Crippen molar-refractivity contribution in [2.45, 2.75) is 11.4 Å². The van der Waals surface area contributed by atoms with Crippen LogP contribution in [-0.4, -0.2) is 29.2 Å². The third-order valence-corrected chi connectivity index (χ3v) is 7.87. The number of benzene rings is 1. The summed E-state index contributed by atoms with van der Waals surface area (Å²) < 4.78 is 3.39. The predicted molar refractivity (Wildman–Crippen MR) is 102 cm³/mol. The van der Waals surface area contributed by atoms with Crippen LogP contribution in [0.3, 0.4) is 0 Å². The van der Waals surface area contributed by atoms with Crippen LogP contribution in [0, 0.1) is 11.3 Å². The SMILES string of the molecule is C[As](C)c1ccnc2sc3c(=O)n(-c4cccc(C#N)c4)cnc3c12. The van der Waals surface area contributed by atoms with Crippen LogP contribution in [0.15, 0.2) is 47.7 Å². The fourth-order valence-corrected chi connectivity index (χ4v) is 6.18. The van der Waals surface area contributed by atoms with E-state index in [4.69, 9.17) is 5.26 Å². The van der Waals surface area contributed by atoms with Crippen LogP contribution in [0.1, 0.15) is 5.56 Å². The van der Waals surface area contributed by atoms with Crippen LogP contribution in [0.5, 0.6) is 0 Å². The summed E-state index contributed by atoms with van der Waals surface area (Å²) >= 11 is 0.251. The van der Waals surface area contributed by atoms with Crippen molar-refractivity contribution in [2.24, 2.45) is 0 Å². The van der Waals surface area contributed by atoms with Gasteiger partial charge < -0.3 is 0 Å². The first kappa shape index (κ1) is 16.0. The fraction of sp³-hybridized carbons (Fsp3) is 0.111. The van der Waals surface area contributed by atoms with E-state index in [1.165, 1.54) is 20.3 Å². The third-order valence-electron chi connectivity index (χ3n) is 4.00. The Balaban J connectivity index is 2.04. The van der Waals surface area contributed by atoms with Crippen molar-refractivity contribution in [2.75, 3.05) is 0 Å². The van der Waals surface area contributed by atoms with Gasteiger partial charge in [0.25, 0.3) is 0 Å². The predicted octanol–water partition coefficient (Wildman–Crippen LogP) is 2.83. The molecule has 4 aromatic rings. The van der Waals surface area contributed by atoms with Gasteiger partial charge in [-0.3, -0.25) is 0 Å². The number of hydrogen-bond donors (Lipinski definition) is 0. The number of aromatic nitrogens is 3. The topological polar surface area (TPSA) is 71.6 Å². The van der Waals surface area contributed by atoms with Gasteiger partial charge in [0.2, 0.25) is 0 Å². The molecule has 7 heteroatoms. The van der Waals surface area contributed by atoms with E-state index in [-0.39, 0.29) is 5.56 Å². The molecule has 122 valence electrons. The average molecular weight is 408 g/mol. The van der Waals surface area contributed by atoms with E-state index in [1.54, 1.807) is 30.6 Å². The van der Waals surface area contributed by atoms with Crippen LogP contribution in [0.25, 0.3) is 26.1 Å². The van der Waals surface area contributed by atoms with Crippen LogP contribution >= 0.6 is 11.3 Å². The van der Waals surface area contributed by atoms with E-state index in [2.05, 4.69) is 33.5 Å². The van der Waals surface area contributed by atoms with Crippen LogP contribution in [-0.2, 0) is 0 Å². The molecule has 0 saturated heterocycles. The third kappa shape index (κ3) is 2.57. The summed E-state index contributed by atoms with van der Waals surface area (Å²) in [7, 11) is 0. The Bertz CT molecular complexity index is 1220. The summed E-state index contributed by atoms with van der Waals surface area (Å²) in [6.07, 6.45) is 3.36. The first-order chi connectivity index (χ1) is 12.1. The summed E-state index contributed by atoms with van der Waals surface area (Å²) in [6, 6.07) is 11.1. The molecule has 0 N–H and O–H groups in total. The van der Waals surface area contributed by atoms with Gasteiger partial charge in [0.1, 0.15) is 0 Å². The van der Waals surface area contributed by atoms with Crippen molar-refractivity contribution in [1.82, 2.24) is 14.5 Å². The van der Waals surface area contributed by atoms with Gasteiger partial charge >= 0.3 is 153 Å². The summed E-state index contributed by atoms with van der Waals surface area (Å²) in [5.74, 6) is 0. The number of nitrogens with zero attached hydrogens (tertiary/aromatic N) is 4. The number of rotatable bonds is 2. The number of fused-ring (bicyclic) bond motifs is 3. The van der Waals surface area contributed by atoms with E-state index < -0.39 is 14.7 Å². The van der Waals surface area contributed by atoms with Gasteiger partial charge in [-0.2, -0.15) is 0 Å². The van der Waals surface area contributed by atoms with E-state index in [9.17, 15) is 4.79 Å². The quantitative estimate of drug-likeness (QED) is 0.479. The molecule has 0 aliphatic rings. The number of pyridine rings is 1. The molecule has 0 aliphatic heterocycles. The molecule has 3 heterocycles. The minimum atomic E-state index is -1.14. The summed E-state index contributed by atoms with van der Waals surface area (Å²) in [4.78, 5) is 22.9. The summed E-state index contributed by atoms with van der Waals surface area (Å²) in [6.45, 7) is 0. The van der Waals surface area contributed by atoms with Crippen molar-refractivity contribution in [3.05, 3.63) is 58.8 Å². The van der Waals surface area contributed by atoms with E-state index >= 15 is 0 Å². The molecular weight excluding hydrogens is 395 g/mol. The van der Waals surface area contributed by atoms with Crippen molar-refractivity contribution in [3.63, 3.8) is 0 Å². The van der Waals surface area contributed by atoms with Crippen LogP contribution in [0.2, 0.25) is 11.4 Å². The normalized spacial score (nSPS) is 11.3. The molecular formula is C18H13AsN4OS. The van der Waals surface area contributed by atoms with Crippen molar-refractivity contribution < 1.29 is 0 Å². The number of nitriles is 1. The van der Waals surface area contributed by atoms with Gasteiger partial charge in [-0.25, -0.2) is 0 Å².